The minimum Gasteiger partial charge on any atom is -0.412 e. The normalized spacial score (nSPS) is 7.82. The van der Waals surface area contributed by atoms with Crippen LogP contribution in [0.2, 0.25) is 0 Å². The number of ether oxygens (including phenoxy) is 1. The van der Waals surface area contributed by atoms with E-state index in [1.54, 1.807) is 7.11 Å². The van der Waals surface area contributed by atoms with Crippen LogP contribution in [0, 0.1) is 5.41 Å². The zero-order chi connectivity index (χ0) is 7.11. The fourth-order valence-electron chi connectivity index (χ4n) is 0.637. The van der Waals surface area contributed by atoms with Gasteiger partial charge in [-0.05, 0) is 12.8 Å². The Morgan fingerprint density at radius 2 is 2.00 bits per heavy atom. The number of hydrogen-bond acceptors (Lipinski definition) is 2. The van der Waals surface area contributed by atoms with Gasteiger partial charge in [-0.2, -0.15) is 0 Å². The van der Waals surface area contributed by atoms with E-state index in [0.717, 1.165) is 19.3 Å². The lowest BCUT2D eigenvalue weighted by molar-refractivity contribution is 0.243. The monoisotopic (exact) mass is 163 g/mol. The van der Waals surface area contributed by atoms with Gasteiger partial charge in [-0.3, -0.25) is 0 Å². The van der Waals surface area contributed by atoms with Gasteiger partial charge in [0, 0.05) is 12.8 Å². The smallest absolute Gasteiger partial charge is 0.0837 e. The van der Waals surface area contributed by atoms with Crippen molar-refractivity contribution in [2.45, 2.75) is 33.6 Å². The standard InChI is InChI=1S/C7H15NO.CH4.H2O/c1-3-4-5-7(8)6-9-2;;/h8H,3-6H2,1-2H3;1H4;1H2. The van der Waals surface area contributed by atoms with Gasteiger partial charge in [0.25, 0.3) is 0 Å². The maximum absolute atomic E-state index is 7.27. The molecule has 0 aliphatic carbocycles. The van der Waals surface area contributed by atoms with Crippen LogP contribution >= 0.6 is 0 Å². The minimum atomic E-state index is 0. The summed E-state index contributed by atoms with van der Waals surface area (Å²) in [5, 5.41) is 7.27. The molecule has 0 heterocycles. The summed E-state index contributed by atoms with van der Waals surface area (Å²) >= 11 is 0. The first-order valence-electron chi connectivity index (χ1n) is 3.36. The fourth-order valence-corrected chi connectivity index (χ4v) is 0.637. The van der Waals surface area contributed by atoms with E-state index >= 15 is 0 Å². The molecule has 11 heavy (non-hydrogen) atoms. The Morgan fingerprint density at radius 3 is 2.36 bits per heavy atom. The van der Waals surface area contributed by atoms with E-state index in [1.165, 1.54) is 0 Å². The molecule has 0 saturated heterocycles. The zero-order valence-corrected chi connectivity index (χ0v) is 6.74. The summed E-state index contributed by atoms with van der Waals surface area (Å²) in [5.74, 6) is 0. The summed E-state index contributed by atoms with van der Waals surface area (Å²) in [5.41, 5.74) is 0.708. The lowest BCUT2D eigenvalue weighted by Gasteiger charge is -1.98. The van der Waals surface area contributed by atoms with E-state index in [0.29, 0.717) is 12.3 Å². The van der Waals surface area contributed by atoms with Gasteiger partial charge in [0.1, 0.15) is 0 Å². The van der Waals surface area contributed by atoms with Crippen LogP contribution in [0.3, 0.4) is 0 Å². The molecule has 0 aromatic rings. The van der Waals surface area contributed by atoms with Crippen molar-refractivity contribution >= 4 is 5.71 Å². The number of methoxy groups -OCH3 is 1. The molecule has 0 fully saturated rings. The van der Waals surface area contributed by atoms with Crippen LogP contribution < -0.4 is 0 Å². The van der Waals surface area contributed by atoms with Crippen molar-refractivity contribution in [3.05, 3.63) is 0 Å². The van der Waals surface area contributed by atoms with Crippen LogP contribution in [-0.4, -0.2) is 24.9 Å². The van der Waals surface area contributed by atoms with Crippen molar-refractivity contribution < 1.29 is 10.2 Å². The highest BCUT2D eigenvalue weighted by atomic mass is 16.5. The second kappa shape index (κ2) is 12.3. The summed E-state index contributed by atoms with van der Waals surface area (Å²) < 4.78 is 4.78. The molecule has 0 aliphatic rings. The molecule has 0 aromatic carbocycles. The SMILES string of the molecule is C.CCCCC(=N)COC.O. The van der Waals surface area contributed by atoms with Gasteiger partial charge in [-0.1, -0.05) is 20.8 Å². The molecule has 0 atom stereocenters. The molecule has 0 aromatic heterocycles. The summed E-state index contributed by atoms with van der Waals surface area (Å²) in [6.45, 7) is 2.63. The van der Waals surface area contributed by atoms with Crippen molar-refractivity contribution in [1.82, 2.24) is 0 Å². The third-order valence-corrected chi connectivity index (χ3v) is 1.15. The molecule has 0 spiro atoms. The van der Waals surface area contributed by atoms with Crippen molar-refractivity contribution in [3.8, 4) is 0 Å². The number of nitrogens with one attached hydrogen (secondary N) is 1. The van der Waals surface area contributed by atoms with Gasteiger partial charge in [0.05, 0.1) is 6.61 Å². The van der Waals surface area contributed by atoms with E-state index in [1.807, 2.05) is 0 Å². The second-order valence-electron chi connectivity index (χ2n) is 2.14. The molecule has 0 bridgehead atoms. The maximum Gasteiger partial charge on any atom is 0.0837 e. The van der Waals surface area contributed by atoms with Crippen molar-refractivity contribution in [2.24, 2.45) is 0 Å². The van der Waals surface area contributed by atoms with Gasteiger partial charge in [0.15, 0.2) is 0 Å². The lowest BCUT2D eigenvalue weighted by Crippen LogP contribution is -2.04. The maximum atomic E-state index is 7.27. The minimum absolute atomic E-state index is 0. The summed E-state index contributed by atoms with van der Waals surface area (Å²) in [6.07, 6.45) is 3.17. The van der Waals surface area contributed by atoms with E-state index in [-0.39, 0.29) is 12.9 Å². The van der Waals surface area contributed by atoms with E-state index in [9.17, 15) is 0 Å². The molecular formula is C8H21NO2. The first-order valence-corrected chi connectivity index (χ1v) is 3.36. The van der Waals surface area contributed by atoms with Crippen molar-refractivity contribution in [3.63, 3.8) is 0 Å². The molecule has 0 rings (SSSR count). The predicted octanol–water partition coefficient (Wildman–Crippen LogP) is 1.65. The zero-order valence-electron chi connectivity index (χ0n) is 6.74. The molecule has 3 nitrogen and oxygen atoms in total. The van der Waals surface area contributed by atoms with Crippen LogP contribution in [0.4, 0.5) is 0 Å². The molecule has 0 aliphatic heterocycles. The molecule has 3 heteroatoms. The third kappa shape index (κ3) is 12.7. The van der Waals surface area contributed by atoms with Gasteiger partial charge in [-0.25, -0.2) is 0 Å². The third-order valence-electron chi connectivity index (χ3n) is 1.15. The highest BCUT2D eigenvalue weighted by molar-refractivity contribution is 5.82. The van der Waals surface area contributed by atoms with Crippen LogP contribution in [-0.2, 0) is 4.74 Å². The van der Waals surface area contributed by atoms with Gasteiger partial charge in [0.2, 0.25) is 0 Å². The summed E-state index contributed by atoms with van der Waals surface area (Å²) in [4.78, 5) is 0. The Hall–Kier alpha value is -0.410. The quantitative estimate of drug-likeness (QED) is 0.615. The van der Waals surface area contributed by atoms with E-state index < -0.39 is 0 Å². The van der Waals surface area contributed by atoms with Gasteiger partial charge >= 0.3 is 0 Å². The number of unbranched alkanes of at least 4 members (excludes halogenated alkanes) is 1. The van der Waals surface area contributed by atoms with Crippen LogP contribution in [0.5, 0.6) is 0 Å². The first-order chi connectivity index (χ1) is 4.31. The van der Waals surface area contributed by atoms with Gasteiger partial charge in [-0.15, -0.1) is 0 Å². The average molecular weight is 163 g/mol. The Balaban J connectivity index is -0.000000320. The average Bonchev–Trinajstić information content (AvgIpc) is 1.85. The highest BCUT2D eigenvalue weighted by Gasteiger charge is 1.92. The first kappa shape index (κ1) is 16.9. The largest absolute Gasteiger partial charge is 0.412 e. The Kier molecular flexibility index (Phi) is 18.9. The predicted molar refractivity (Wildman–Crippen MR) is 49.5 cm³/mol. The second-order valence-corrected chi connectivity index (χ2v) is 2.14. The molecule has 3 N–H and O–H groups in total. The fraction of sp³-hybridized carbons (Fsp3) is 0.875. The Labute approximate surface area is 69.6 Å². The molecule has 0 amide bonds. The topological polar surface area (TPSA) is 64.6 Å². The van der Waals surface area contributed by atoms with Crippen molar-refractivity contribution in [2.75, 3.05) is 13.7 Å². The van der Waals surface area contributed by atoms with E-state index in [2.05, 4.69) is 6.92 Å². The summed E-state index contributed by atoms with van der Waals surface area (Å²) in [7, 11) is 1.63. The molecular weight excluding hydrogens is 142 g/mol. The van der Waals surface area contributed by atoms with Gasteiger partial charge < -0.3 is 15.6 Å². The Bertz CT molecular complexity index is 84.2. The number of rotatable bonds is 5. The Morgan fingerprint density at radius 1 is 1.45 bits per heavy atom. The molecule has 0 saturated carbocycles. The molecule has 70 valence electrons. The van der Waals surface area contributed by atoms with Crippen LogP contribution in [0.15, 0.2) is 0 Å². The van der Waals surface area contributed by atoms with Crippen LogP contribution in [0.25, 0.3) is 0 Å². The number of hydrogen-bond donors (Lipinski definition) is 1. The summed E-state index contributed by atoms with van der Waals surface area (Å²) in [6, 6.07) is 0. The molecule has 0 radical (unpaired) electrons. The molecule has 0 unspecified atom stereocenters. The highest BCUT2D eigenvalue weighted by Crippen LogP contribution is 1.94. The van der Waals surface area contributed by atoms with E-state index in [4.69, 9.17) is 10.1 Å². The van der Waals surface area contributed by atoms with Crippen molar-refractivity contribution in [1.29, 1.82) is 5.41 Å². The lowest BCUT2D eigenvalue weighted by atomic mass is 10.2. The van der Waals surface area contributed by atoms with Crippen LogP contribution in [0.1, 0.15) is 33.6 Å².